The molecule has 2 heterocycles. The van der Waals surface area contributed by atoms with Gasteiger partial charge < -0.3 is 19.7 Å². The average molecular weight is 520 g/mol. The molecule has 0 bridgehead atoms. The van der Waals surface area contributed by atoms with Crippen molar-refractivity contribution in [1.29, 1.82) is 0 Å². The fraction of sp³-hybridized carbons (Fsp3) is 0.345. The first kappa shape index (κ1) is 26.5. The number of amides is 1. The summed E-state index contributed by atoms with van der Waals surface area (Å²) in [4.78, 5) is 32.7. The Kier molecular flexibility index (Phi) is 8.38. The number of carbonyl (C=O) groups is 2. The highest BCUT2D eigenvalue weighted by Crippen LogP contribution is 2.45. The number of nitrogens with zero attached hydrogens (tertiary/aromatic N) is 2. The summed E-state index contributed by atoms with van der Waals surface area (Å²) in [6.07, 6.45) is -0.102. The molecule has 1 amide bonds. The molecular formula is C29H33N3O4S. The van der Waals surface area contributed by atoms with Crippen LogP contribution in [-0.2, 0) is 20.9 Å². The average Bonchev–Trinajstić information content (AvgIpc) is 3.23. The second-order valence-corrected chi connectivity index (χ2v) is 10.4. The van der Waals surface area contributed by atoms with E-state index >= 15 is 0 Å². The van der Waals surface area contributed by atoms with E-state index in [1.165, 1.54) is 11.8 Å². The SMILES string of the molecule is CC1=C(C(=O)OC(C)C)C(c2cccc(OCc3ccccc3)c2)N2C(CC(=O)NC(C)C)=CSC2=N1. The number of hydrogen-bond donors (Lipinski definition) is 1. The van der Waals surface area contributed by atoms with Crippen molar-refractivity contribution in [2.75, 3.05) is 0 Å². The summed E-state index contributed by atoms with van der Waals surface area (Å²) < 4.78 is 11.7. The molecule has 2 aromatic carbocycles. The van der Waals surface area contributed by atoms with Crippen LogP contribution in [0.4, 0.5) is 0 Å². The third-order valence-corrected chi connectivity index (χ3v) is 6.67. The lowest BCUT2D eigenvalue weighted by atomic mass is 9.93. The summed E-state index contributed by atoms with van der Waals surface area (Å²) in [5, 5.41) is 5.62. The van der Waals surface area contributed by atoms with Crippen LogP contribution in [0.3, 0.4) is 0 Å². The Morgan fingerprint density at radius 1 is 1.08 bits per heavy atom. The zero-order chi connectivity index (χ0) is 26.5. The zero-order valence-corrected chi connectivity index (χ0v) is 22.7. The summed E-state index contributed by atoms with van der Waals surface area (Å²) in [6, 6.07) is 17.2. The van der Waals surface area contributed by atoms with E-state index in [0.717, 1.165) is 22.0 Å². The van der Waals surface area contributed by atoms with Crippen molar-refractivity contribution in [2.24, 2.45) is 4.99 Å². The zero-order valence-electron chi connectivity index (χ0n) is 21.9. The largest absolute Gasteiger partial charge is 0.489 e. The van der Waals surface area contributed by atoms with Crippen LogP contribution in [0.25, 0.3) is 0 Å². The van der Waals surface area contributed by atoms with E-state index in [0.29, 0.717) is 23.6 Å². The van der Waals surface area contributed by atoms with Gasteiger partial charge in [-0.25, -0.2) is 9.79 Å². The maximum atomic E-state index is 13.3. The highest BCUT2D eigenvalue weighted by atomic mass is 32.2. The summed E-state index contributed by atoms with van der Waals surface area (Å²) in [7, 11) is 0. The smallest absolute Gasteiger partial charge is 0.338 e. The van der Waals surface area contributed by atoms with Crippen LogP contribution in [0, 0.1) is 0 Å². The number of thioether (sulfide) groups is 1. The highest BCUT2D eigenvalue weighted by Gasteiger charge is 2.41. The van der Waals surface area contributed by atoms with Crippen molar-refractivity contribution in [3.8, 4) is 5.75 Å². The first-order valence-electron chi connectivity index (χ1n) is 12.4. The van der Waals surface area contributed by atoms with Crippen molar-refractivity contribution in [3.63, 3.8) is 0 Å². The third kappa shape index (κ3) is 6.43. The Morgan fingerprint density at radius 2 is 1.84 bits per heavy atom. The fourth-order valence-corrected chi connectivity index (χ4v) is 5.24. The number of rotatable bonds is 9. The predicted octanol–water partition coefficient (Wildman–Crippen LogP) is 5.71. The lowest BCUT2D eigenvalue weighted by molar-refractivity contribution is -0.143. The van der Waals surface area contributed by atoms with Gasteiger partial charge >= 0.3 is 5.97 Å². The quantitative estimate of drug-likeness (QED) is 0.428. The molecule has 0 radical (unpaired) electrons. The van der Waals surface area contributed by atoms with Crippen LogP contribution in [0.1, 0.15) is 58.2 Å². The van der Waals surface area contributed by atoms with Crippen molar-refractivity contribution < 1.29 is 19.1 Å². The van der Waals surface area contributed by atoms with E-state index in [9.17, 15) is 9.59 Å². The molecular weight excluding hydrogens is 486 g/mol. The molecule has 2 aliphatic rings. The molecule has 0 fully saturated rings. The van der Waals surface area contributed by atoms with Crippen molar-refractivity contribution >= 4 is 28.8 Å². The normalized spacial score (nSPS) is 16.9. The number of nitrogens with one attached hydrogen (secondary N) is 1. The Bertz CT molecular complexity index is 1250. The summed E-state index contributed by atoms with van der Waals surface area (Å²) in [6.45, 7) is 9.77. The van der Waals surface area contributed by atoms with Gasteiger partial charge in [-0.15, -0.1) is 0 Å². The minimum atomic E-state index is -0.507. The topological polar surface area (TPSA) is 80.2 Å². The van der Waals surface area contributed by atoms with Gasteiger partial charge in [-0.2, -0.15) is 0 Å². The lowest BCUT2D eigenvalue weighted by Gasteiger charge is -2.36. The third-order valence-electron chi connectivity index (χ3n) is 5.78. The maximum absolute atomic E-state index is 13.3. The van der Waals surface area contributed by atoms with Gasteiger partial charge in [0.2, 0.25) is 5.91 Å². The molecule has 2 aliphatic heterocycles. The summed E-state index contributed by atoms with van der Waals surface area (Å²) in [5.74, 6) is 0.188. The van der Waals surface area contributed by atoms with E-state index in [1.807, 2.05) is 99.5 Å². The van der Waals surface area contributed by atoms with Gasteiger partial charge in [0.25, 0.3) is 0 Å². The molecule has 0 aromatic heterocycles. The van der Waals surface area contributed by atoms with Crippen LogP contribution in [-0.4, -0.2) is 34.1 Å². The van der Waals surface area contributed by atoms with Crippen LogP contribution in [0.5, 0.6) is 5.75 Å². The number of amidine groups is 1. The molecule has 1 unspecified atom stereocenters. The van der Waals surface area contributed by atoms with Crippen LogP contribution >= 0.6 is 11.8 Å². The Morgan fingerprint density at radius 3 is 2.54 bits per heavy atom. The van der Waals surface area contributed by atoms with E-state index < -0.39 is 12.0 Å². The molecule has 1 N–H and O–H groups in total. The van der Waals surface area contributed by atoms with Gasteiger partial charge in [-0.1, -0.05) is 54.2 Å². The molecule has 4 rings (SSSR count). The minimum Gasteiger partial charge on any atom is -0.489 e. The van der Waals surface area contributed by atoms with E-state index in [4.69, 9.17) is 14.5 Å². The molecule has 37 heavy (non-hydrogen) atoms. The number of carbonyl (C=O) groups excluding carboxylic acids is 2. The molecule has 0 saturated carbocycles. The van der Waals surface area contributed by atoms with Crippen molar-refractivity contribution in [2.45, 2.75) is 65.8 Å². The predicted molar refractivity (Wildman–Crippen MR) is 147 cm³/mol. The Balaban J connectivity index is 1.69. The number of hydrogen-bond acceptors (Lipinski definition) is 7. The van der Waals surface area contributed by atoms with Gasteiger partial charge in [0.05, 0.1) is 29.8 Å². The number of esters is 1. The number of aliphatic imine (C=N–C) groups is 1. The number of allylic oxidation sites excluding steroid dienone is 1. The van der Waals surface area contributed by atoms with Gasteiger partial charge in [-0.3, -0.25) is 4.79 Å². The lowest BCUT2D eigenvalue weighted by Crippen LogP contribution is -2.39. The van der Waals surface area contributed by atoms with Crippen molar-refractivity contribution in [3.05, 3.63) is 88.1 Å². The second kappa shape index (κ2) is 11.7. The second-order valence-electron chi connectivity index (χ2n) is 9.59. The molecule has 194 valence electrons. The van der Waals surface area contributed by atoms with Crippen LogP contribution in [0.2, 0.25) is 0 Å². The van der Waals surface area contributed by atoms with Crippen LogP contribution < -0.4 is 10.1 Å². The number of benzene rings is 2. The van der Waals surface area contributed by atoms with Crippen molar-refractivity contribution in [1.82, 2.24) is 10.2 Å². The van der Waals surface area contributed by atoms with Gasteiger partial charge in [0, 0.05) is 11.7 Å². The Labute approximate surface area is 222 Å². The van der Waals surface area contributed by atoms with Gasteiger partial charge in [0.1, 0.15) is 12.4 Å². The standard InChI is InChI=1S/C29H33N3O4S/c1-18(2)30-25(33)15-23-17-37-29-31-20(5)26(28(34)36-19(3)4)27(32(23)29)22-12-9-13-24(14-22)35-16-21-10-7-6-8-11-21/h6-14,17-19,27H,15-16H2,1-5H3,(H,30,33). The van der Waals surface area contributed by atoms with E-state index in [1.54, 1.807) is 0 Å². The maximum Gasteiger partial charge on any atom is 0.338 e. The molecule has 8 heteroatoms. The summed E-state index contributed by atoms with van der Waals surface area (Å²) >= 11 is 1.45. The van der Waals surface area contributed by atoms with E-state index in [-0.39, 0.29) is 24.5 Å². The fourth-order valence-electron chi connectivity index (χ4n) is 4.28. The minimum absolute atomic E-state index is 0.0320. The molecule has 1 atom stereocenters. The first-order valence-corrected chi connectivity index (χ1v) is 13.3. The highest BCUT2D eigenvalue weighted by molar-refractivity contribution is 8.16. The number of ether oxygens (including phenoxy) is 2. The monoisotopic (exact) mass is 519 g/mol. The molecule has 0 saturated heterocycles. The Hall–Kier alpha value is -3.52. The van der Waals surface area contributed by atoms with Gasteiger partial charge in [-0.05, 0) is 63.3 Å². The number of fused-ring (bicyclic) bond motifs is 1. The molecule has 2 aromatic rings. The first-order chi connectivity index (χ1) is 17.7. The molecule has 0 aliphatic carbocycles. The molecule has 7 nitrogen and oxygen atoms in total. The van der Waals surface area contributed by atoms with E-state index in [2.05, 4.69) is 5.32 Å². The molecule has 0 spiro atoms. The van der Waals surface area contributed by atoms with Gasteiger partial charge in [0.15, 0.2) is 5.17 Å². The van der Waals surface area contributed by atoms with Crippen LogP contribution in [0.15, 0.2) is 82.0 Å². The summed E-state index contributed by atoms with van der Waals surface area (Å²) in [5.41, 5.74) is 3.76.